The van der Waals surface area contributed by atoms with Crippen molar-refractivity contribution in [2.45, 2.75) is 208 Å². The van der Waals surface area contributed by atoms with Crippen molar-refractivity contribution in [2.24, 2.45) is 0 Å². The van der Waals surface area contributed by atoms with E-state index in [2.05, 4.69) is 88.1 Å². The van der Waals surface area contributed by atoms with Crippen molar-refractivity contribution in [3.05, 3.63) is 48.6 Å². The number of carbonyl (C=O) groups is 3. The van der Waals surface area contributed by atoms with Gasteiger partial charge in [0.05, 0.1) is 19.6 Å². The molecule has 1 unspecified atom stereocenters. The van der Waals surface area contributed by atoms with Crippen LogP contribution in [0.15, 0.2) is 48.6 Å². The third kappa shape index (κ3) is 42.1. The maximum absolute atomic E-state index is 12.9. The van der Waals surface area contributed by atoms with Crippen molar-refractivity contribution >= 4 is 18.1 Å². The Kier molecular flexibility index (Phi) is 44.3. The summed E-state index contributed by atoms with van der Waals surface area (Å²) in [5.41, 5.74) is 0. The summed E-state index contributed by atoms with van der Waals surface area (Å²) in [6.45, 7) is 14.8. The average Bonchev–Trinajstić information content (AvgIpc) is 3.26. The predicted octanol–water partition coefficient (Wildman–Crippen LogP) is 13.3. The molecular weight excluding hydrogens is 771 g/mol. The minimum Gasteiger partial charge on any atom is -0.466 e. The monoisotopic (exact) mass is 862 g/mol. The number of allylic oxidation sites excluding steroid dienone is 8. The average molecular weight is 862 g/mol. The first-order valence-corrected chi connectivity index (χ1v) is 24.6. The second-order valence-electron chi connectivity index (χ2n) is 15.7. The van der Waals surface area contributed by atoms with E-state index in [-0.39, 0.29) is 32.2 Å². The molecule has 10 heteroatoms. The molecule has 0 rings (SSSR count). The molecule has 10 nitrogen and oxygen atoms in total. The van der Waals surface area contributed by atoms with Gasteiger partial charge in [-0.3, -0.25) is 9.59 Å². The first kappa shape index (κ1) is 58.0. The number of nitrogens with zero attached hydrogens (tertiary/aromatic N) is 1. The van der Waals surface area contributed by atoms with E-state index in [1.165, 1.54) is 32.1 Å². The predicted molar refractivity (Wildman–Crippen MR) is 251 cm³/mol. The lowest BCUT2D eigenvalue weighted by molar-refractivity contribution is -0.161. The van der Waals surface area contributed by atoms with Gasteiger partial charge in [0.2, 0.25) is 0 Å². The Hall–Kier alpha value is -2.95. The van der Waals surface area contributed by atoms with Gasteiger partial charge in [-0.2, -0.15) is 0 Å². The van der Waals surface area contributed by atoms with Gasteiger partial charge in [-0.05, 0) is 122 Å². The molecule has 0 aliphatic carbocycles. The molecule has 0 aromatic rings. The highest BCUT2D eigenvalue weighted by molar-refractivity contribution is 5.69. The lowest BCUT2D eigenvalue weighted by atomic mass is 10.1. The molecule has 0 aliphatic heterocycles. The smallest absolute Gasteiger partial charge is 0.466 e. The molecule has 0 bridgehead atoms. The summed E-state index contributed by atoms with van der Waals surface area (Å²) in [5.74, 6) is -0.639. The van der Waals surface area contributed by atoms with Crippen LogP contribution in [0.5, 0.6) is 0 Å². The summed E-state index contributed by atoms with van der Waals surface area (Å²) in [6.07, 6.45) is 38.6. The zero-order valence-corrected chi connectivity index (χ0v) is 39.7. The zero-order chi connectivity index (χ0) is 44.7. The topological polar surface area (TPSA) is 110 Å². The molecule has 0 aromatic heterocycles. The number of hydrogen-bond acceptors (Lipinski definition) is 10. The summed E-state index contributed by atoms with van der Waals surface area (Å²) in [6, 6.07) is 0. The fourth-order valence-corrected chi connectivity index (χ4v) is 6.42. The number of hydrogen-bond donors (Lipinski definition) is 0. The molecule has 0 saturated carbocycles. The van der Waals surface area contributed by atoms with Crippen LogP contribution >= 0.6 is 0 Å². The van der Waals surface area contributed by atoms with Gasteiger partial charge in [-0.1, -0.05) is 115 Å². The third-order valence-corrected chi connectivity index (χ3v) is 10.2. The van der Waals surface area contributed by atoms with Crippen molar-refractivity contribution in [1.29, 1.82) is 0 Å². The molecule has 0 radical (unpaired) electrons. The molecule has 0 fully saturated rings. The maximum atomic E-state index is 12.9. The van der Waals surface area contributed by atoms with Crippen LogP contribution in [0.2, 0.25) is 0 Å². The lowest BCUT2D eigenvalue weighted by Gasteiger charge is -2.20. The highest BCUT2D eigenvalue weighted by atomic mass is 16.7. The molecule has 0 aromatic carbocycles. The molecular formula is C51H91NO9. The second kappa shape index (κ2) is 46.6. The molecule has 0 spiro atoms. The van der Waals surface area contributed by atoms with Gasteiger partial charge in [0.25, 0.3) is 0 Å². The Morgan fingerprint density at radius 1 is 0.492 bits per heavy atom. The van der Waals surface area contributed by atoms with E-state index in [9.17, 15) is 14.4 Å². The maximum Gasteiger partial charge on any atom is 0.508 e. The van der Waals surface area contributed by atoms with E-state index in [1.807, 2.05) is 0 Å². The summed E-state index contributed by atoms with van der Waals surface area (Å²) >= 11 is 0. The number of ether oxygens (including phenoxy) is 6. The first-order chi connectivity index (χ1) is 29.9. The molecule has 0 N–H and O–H groups in total. The number of unbranched alkanes of at least 4 members (excludes halogenated alkanes) is 12. The summed E-state index contributed by atoms with van der Waals surface area (Å²) in [4.78, 5) is 40.2. The van der Waals surface area contributed by atoms with Crippen LogP contribution in [-0.2, 0) is 38.0 Å². The highest BCUT2D eigenvalue weighted by Gasteiger charge is 2.20. The zero-order valence-electron chi connectivity index (χ0n) is 39.7. The highest BCUT2D eigenvalue weighted by Crippen LogP contribution is 2.13. The molecule has 61 heavy (non-hydrogen) atoms. The SMILES string of the molecule is CC/C=C\CCCCOC(CCC(=O)OCC(CCCOC(=O)CCCCCCC/C=C\C/C=C\CCCCC)OC(=O)OCCCN(CC)CC)OCCCC/C=C\CC. The van der Waals surface area contributed by atoms with Gasteiger partial charge in [-0.15, -0.1) is 0 Å². The number of esters is 2. The Morgan fingerprint density at radius 3 is 1.64 bits per heavy atom. The number of rotatable bonds is 44. The van der Waals surface area contributed by atoms with E-state index >= 15 is 0 Å². The largest absolute Gasteiger partial charge is 0.508 e. The fourth-order valence-electron chi connectivity index (χ4n) is 6.42. The van der Waals surface area contributed by atoms with Crippen LogP contribution in [-0.4, -0.2) is 88.1 Å². The first-order valence-electron chi connectivity index (χ1n) is 24.6. The van der Waals surface area contributed by atoms with Crippen molar-refractivity contribution in [1.82, 2.24) is 4.90 Å². The summed E-state index contributed by atoms with van der Waals surface area (Å²) in [5, 5.41) is 0. The minimum atomic E-state index is -0.795. The fraction of sp³-hybridized carbons (Fsp3) is 0.784. The van der Waals surface area contributed by atoms with Crippen LogP contribution in [0.1, 0.15) is 195 Å². The van der Waals surface area contributed by atoms with Crippen LogP contribution < -0.4 is 0 Å². The molecule has 0 heterocycles. The minimum absolute atomic E-state index is 0.109. The normalized spacial score (nSPS) is 12.5. The van der Waals surface area contributed by atoms with Gasteiger partial charge >= 0.3 is 18.1 Å². The Morgan fingerprint density at radius 2 is 1.03 bits per heavy atom. The van der Waals surface area contributed by atoms with Crippen LogP contribution in [0, 0.1) is 0 Å². The summed E-state index contributed by atoms with van der Waals surface area (Å²) in [7, 11) is 0. The lowest BCUT2D eigenvalue weighted by Crippen LogP contribution is -2.28. The molecule has 354 valence electrons. The molecule has 0 saturated heterocycles. The van der Waals surface area contributed by atoms with E-state index in [4.69, 9.17) is 28.4 Å². The van der Waals surface area contributed by atoms with Crippen LogP contribution in [0.3, 0.4) is 0 Å². The summed E-state index contributed by atoms with van der Waals surface area (Å²) < 4.78 is 34.1. The van der Waals surface area contributed by atoms with Gasteiger partial charge in [0.15, 0.2) is 6.29 Å². The Bertz CT molecular complexity index is 1090. The van der Waals surface area contributed by atoms with Gasteiger partial charge in [0.1, 0.15) is 12.7 Å². The standard InChI is InChI=1S/C51H91NO9/c1-6-11-14-17-20-21-22-23-24-25-26-27-28-29-32-38-48(53)56-44-35-37-47(61-51(55)59-45-36-41-52(9-4)10-5)46-60-49(54)39-40-50(57-42-33-30-18-15-12-7-2)58-43-34-31-19-16-13-8-3/h12-13,15-16,20-21,23-24,47,50H,6-11,14,17-19,22,25-46H2,1-5H3/b15-12-,16-13-,21-20-,24-23-. The van der Waals surface area contributed by atoms with Crippen molar-refractivity contribution in [2.75, 3.05) is 52.7 Å². The Labute approximate surface area is 373 Å². The quantitative estimate of drug-likeness (QED) is 0.0193. The van der Waals surface area contributed by atoms with Crippen LogP contribution in [0.4, 0.5) is 4.79 Å². The van der Waals surface area contributed by atoms with Gasteiger partial charge in [0, 0.05) is 32.6 Å². The van der Waals surface area contributed by atoms with Crippen LogP contribution in [0.25, 0.3) is 0 Å². The third-order valence-electron chi connectivity index (χ3n) is 10.2. The van der Waals surface area contributed by atoms with E-state index in [0.29, 0.717) is 45.3 Å². The molecule has 0 aliphatic rings. The Balaban J connectivity index is 4.78. The van der Waals surface area contributed by atoms with Gasteiger partial charge < -0.3 is 33.3 Å². The molecule has 0 amide bonds. The van der Waals surface area contributed by atoms with Gasteiger partial charge in [-0.25, -0.2) is 4.79 Å². The van der Waals surface area contributed by atoms with E-state index < -0.39 is 24.5 Å². The van der Waals surface area contributed by atoms with Crippen molar-refractivity contribution in [3.8, 4) is 0 Å². The van der Waals surface area contributed by atoms with E-state index in [1.54, 1.807) is 0 Å². The molecule has 1 atom stereocenters. The van der Waals surface area contributed by atoms with Crippen molar-refractivity contribution in [3.63, 3.8) is 0 Å². The second-order valence-corrected chi connectivity index (χ2v) is 15.7. The number of carbonyl (C=O) groups excluding carboxylic acids is 3. The van der Waals surface area contributed by atoms with E-state index in [0.717, 1.165) is 110 Å². The van der Waals surface area contributed by atoms with Crippen molar-refractivity contribution < 1.29 is 42.8 Å².